The maximum atomic E-state index is 2.42. The molecule has 2 heteroatoms. The van der Waals surface area contributed by atoms with Crippen molar-refractivity contribution in [2.45, 2.75) is 25.7 Å². The Kier molecular flexibility index (Phi) is 4.02. The van der Waals surface area contributed by atoms with Crippen LogP contribution in [0.4, 0.5) is 0 Å². The molecule has 0 amide bonds. The second-order valence-corrected chi connectivity index (χ2v) is 11.5. The Balaban J connectivity index is 2.50. The van der Waals surface area contributed by atoms with Gasteiger partial charge in [-0.15, -0.1) is 0 Å². The third-order valence-electron chi connectivity index (χ3n) is 3.58. The highest BCUT2D eigenvalue weighted by Crippen LogP contribution is 2.27. The molecule has 2 aromatic carbocycles. The number of nitrogens with zero attached hydrogens (tertiary/aromatic N) is 1. The molecule has 0 aliphatic heterocycles. The molecule has 0 bridgehead atoms. The fraction of sp³-hybridized carbons (Fsp3) is 0.353. The lowest BCUT2D eigenvalue weighted by molar-refractivity contribution is 0.344. The van der Waals surface area contributed by atoms with Crippen LogP contribution in [0.1, 0.15) is 17.2 Å². The van der Waals surface area contributed by atoms with Crippen molar-refractivity contribution in [1.29, 1.82) is 0 Å². The summed E-state index contributed by atoms with van der Waals surface area (Å²) < 4.78 is 0. The number of hydrogen-bond acceptors (Lipinski definition) is 1. The Morgan fingerprint density at radius 1 is 1.00 bits per heavy atom. The monoisotopic (exact) mass is 270 g/mol. The minimum atomic E-state index is -1.29. The number of hydrogen-bond donors (Lipinski definition) is 0. The van der Waals surface area contributed by atoms with Crippen LogP contribution in [0, 0.1) is 0 Å². The van der Waals surface area contributed by atoms with Crippen molar-refractivity contribution in [3.05, 3.63) is 59.7 Å². The average molecular weight is 270 g/mol. The molecular formula is C17H24NSi-. The van der Waals surface area contributed by atoms with Gasteiger partial charge >= 0.3 is 0 Å². The zero-order valence-electron chi connectivity index (χ0n) is 12.6. The van der Waals surface area contributed by atoms with E-state index in [0.717, 1.165) is 0 Å². The Bertz CT molecular complexity index is 520. The summed E-state index contributed by atoms with van der Waals surface area (Å²) in [5, 5.41) is 1.58. The zero-order chi connectivity index (χ0) is 14.0. The van der Waals surface area contributed by atoms with Crippen molar-refractivity contribution in [3.8, 4) is 0 Å². The molecule has 0 N–H and O–H groups in total. The Morgan fingerprint density at radius 3 is 2.16 bits per heavy atom. The first kappa shape index (κ1) is 14.2. The van der Waals surface area contributed by atoms with Crippen LogP contribution in [0.2, 0.25) is 19.6 Å². The van der Waals surface area contributed by atoms with Gasteiger partial charge in [-0.1, -0.05) is 50.0 Å². The van der Waals surface area contributed by atoms with Gasteiger partial charge in [-0.05, 0) is 19.7 Å². The lowest BCUT2D eigenvalue weighted by atomic mass is 10.00. The van der Waals surface area contributed by atoms with E-state index in [-0.39, 0.29) is 0 Å². The highest BCUT2D eigenvalue weighted by Gasteiger charge is 2.20. The van der Waals surface area contributed by atoms with E-state index >= 15 is 0 Å². The van der Waals surface area contributed by atoms with Crippen molar-refractivity contribution >= 4 is 13.3 Å². The zero-order valence-corrected chi connectivity index (χ0v) is 13.6. The largest absolute Gasteiger partial charge is 0.310 e. The predicted octanol–water partition coefficient (Wildman–Crippen LogP) is 3.60. The molecule has 0 saturated heterocycles. The van der Waals surface area contributed by atoms with Gasteiger partial charge in [0.25, 0.3) is 0 Å². The predicted molar refractivity (Wildman–Crippen MR) is 87.0 cm³/mol. The van der Waals surface area contributed by atoms with Crippen LogP contribution >= 0.6 is 0 Å². The fourth-order valence-corrected chi connectivity index (χ4v) is 4.43. The lowest BCUT2D eigenvalue weighted by Crippen LogP contribution is -2.41. The van der Waals surface area contributed by atoms with Gasteiger partial charge in [-0.2, -0.15) is 22.9 Å². The summed E-state index contributed by atoms with van der Waals surface area (Å²) in [4.78, 5) is 2.31. The molecule has 0 aromatic heterocycles. The SMILES string of the molecule is CN(C)[C@H](c1ccccc1)c1cc[cH-]c1[Si](C)(C)C. The number of benzene rings is 1. The van der Waals surface area contributed by atoms with Crippen LogP contribution < -0.4 is 5.19 Å². The topological polar surface area (TPSA) is 3.24 Å². The van der Waals surface area contributed by atoms with Gasteiger partial charge in [-0.25, -0.2) is 6.07 Å². The Morgan fingerprint density at radius 2 is 1.63 bits per heavy atom. The van der Waals surface area contributed by atoms with E-state index in [1.165, 1.54) is 11.1 Å². The van der Waals surface area contributed by atoms with E-state index in [4.69, 9.17) is 0 Å². The summed E-state index contributed by atoms with van der Waals surface area (Å²) in [6.07, 6.45) is 0. The fourth-order valence-electron chi connectivity index (χ4n) is 2.75. The molecule has 2 aromatic rings. The second kappa shape index (κ2) is 5.39. The first-order valence-electron chi connectivity index (χ1n) is 6.88. The van der Waals surface area contributed by atoms with Gasteiger partial charge in [-0.3, -0.25) is 0 Å². The molecule has 19 heavy (non-hydrogen) atoms. The molecule has 1 atom stereocenters. The van der Waals surface area contributed by atoms with Crippen molar-refractivity contribution in [3.63, 3.8) is 0 Å². The smallest absolute Gasteiger partial charge is 0.0507 e. The highest BCUT2D eigenvalue weighted by molar-refractivity contribution is 6.89. The summed E-state index contributed by atoms with van der Waals surface area (Å²) >= 11 is 0. The van der Waals surface area contributed by atoms with Crippen molar-refractivity contribution in [2.75, 3.05) is 14.1 Å². The van der Waals surface area contributed by atoms with Crippen LogP contribution in [0.5, 0.6) is 0 Å². The lowest BCUT2D eigenvalue weighted by Gasteiger charge is -2.34. The molecule has 0 spiro atoms. The van der Waals surface area contributed by atoms with E-state index in [2.05, 4.69) is 87.2 Å². The molecule has 1 nitrogen and oxygen atoms in total. The minimum absolute atomic E-state index is 0.359. The van der Waals surface area contributed by atoms with Crippen LogP contribution in [0.3, 0.4) is 0 Å². The van der Waals surface area contributed by atoms with E-state index < -0.39 is 8.07 Å². The summed E-state index contributed by atoms with van der Waals surface area (Å²) in [7, 11) is 3.04. The quantitative estimate of drug-likeness (QED) is 0.606. The van der Waals surface area contributed by atoms with Gasteiger partial charge < -0.3 is 4.90 Å². The van der Waals surface area contributed by atoms with Crippen LogP contribution in [-0.2, 0) is 0 Å². The van der Waals surface area contributed by atoms with E-state index in [9.17, 15) is 0 Å². The van der Waals surface area contributed by atoms with Crippen molar-refractivity contribution < 1.29 is 0 Å². The van der Waals surface area contributed by atoms with E-state index in [1.807, 2.05) is 0 Å². The van der Waals surface area contributed by atoms with E-state index in [1.54, 1.807) is 5.19 Å². The molecule has 0 aliphatic carbocycles. The Labute approximate surface area is 118 Å². The third kappa shape index (κ3) is 3.02. The van der Waals surface area contributed by atoms with Crippen LogP contribution in [-0.4, -0.2) is 27.1 Å². The molecule has 102 valence electrons. The van der Waals surface area contributed by atoms with Gasteiger partial charge in [0, 0.05) is 6.04 Å². The maximum absolute atomic E-state index is 2.42. The van der Waals surface area contributed by atoms with Crippen molar-refractivity contribution in [2.24, 2.45) is 0 Å². The van der Waals surface area contributed by atoms with Gasteiger partial charge in [0.2, 0.25) is 0 Å². The summed E-state index contributed by atoms with van der Waals surface area (Å²) in [5.74, 6) is 0. The molecule has 0 saturated carbocycles. The first-order valence-corrected chi connectivity index (χ1v) is 10.4. The number of rotatable bonds is 4. The van der Waals surface area contributed by atoms with E-state index in [0.29, 0.717) is 6.04 Å². The summed E-state index contributed by atoms with van der Waals surface area (Å²) in [6, 6.07) is 18.0. The second-order valence-electron chi connectivity index (χ2n) is 6.42. The van der Waals surface area contributed by atoms with Crippen LogP contribution in [0.15, 0.2) is 48.5 Å². The molecule has 2 rings (SSSR count). The normalized spacial score (nSPS) is 13.8. The molecule has 0 heterocycles. The molecule has 0 aliphatic rings. The van der Waals surface area contributed by atoms with Gasteiger partial charge in [0.05, 0.1) is 8.07 Å². The average Bonchev–Trinajstić information content (AvgIpc) is 2.79. The highest BCUT2D eigenvalue weighted by atomic mass is 28.3. The van der Waals surface area contributed by atoms with Gasteiger partial charge in [0.1, 0.15) is 0 Å². The maximum Gasteiger partial charge on any atom is 0.0507 e. The summed E-state index contributed by atoms with van der Waals surface area (Å²) in [5.41, 5.74) is 2.86. The Hall–Kier alpha value is -1.25. The molecule has 0 radical (unpaired) electrons. The summed E-state index contributed by atoms with van der Waals surface area (Å²) in [6.45, 7) is 7.26. The minimum Gasteiger partial charge on any atom is -0.310 e. The van der Waals surface area contributed by atoms with Crippen LogP contribution in [0.25, 0.3) is 0 Å². The molecule has 0 fully saturated rings. The van der Waals surface area contributed by atoms with Crippen molar-refractivity contribution in [1.82, 2.24) is 4.90 Å². The standard InChI is InChI=1S/C17H24NSi/c1-18(2)17(14-10-7-6-8-11-14)15-12-9-13-16(15)19(3,4)5/h6-13,17H,1-5H3/q-1/t17-/m1/s1. The molecular weight excluding hydrogens is 246 g/mol. The third-order valence-corrected chi connectivity index (χ3v) is 5.66. The first-order chi connectivity index (χ1) is 8.91. The molecule has 0 unspecified atom stereocenters. The van der Waals surface area contributed by atoms with Gasteiger partial charge in [0.15, 0.2) is 0 Å².